The Morgan fingerprint density at radius 3 is 2.52 bits per heavy atom. The fourth-order valence-corrected chi connectivity index (χ4v) is 8.16. The van der Waals surface area contributed by atoms with Crippen LogP contribution in [0.15, 0.2) is 42.5 Å². The average molecular weight is 781 g/mol. The standard InChI is InChI=1S/C40H44Cl2FN5O6/c1-21(19-49)48-15-14-32-30(18-48)45-38(47(32)2)39(51)46-29-9-5-8-26(35(29)41)23-6-4-7-25-24(23)12-13-33(25)54-34-16-27(22-10-11-22)28(37(43)36(34)42)17-44-31(20-50)40(52)53-3/h4-9,16,21-22,31,33,44,49-50H,10-15,17-20H2,1-3H3,(H,46,51). The fourth-order valence-electron chi connectivity index (χ4n) is 7.68. The highest BCUT2D eigenvalue weighted by Crippen LogP contribution is 2.48. The molecule has 0 bridgehead atoms. The van der Waals surface area contributed by atoms with Crippen molar-refractivity contribution in [2.24, 2.45) is 7.05 Å². The molecule has 54 heavy (non-hydrogen) atoms. The highest BCUT2D eigenvalue weighted by molar-refractivity contribution is 6.36. The summed E-state index contributed by atoms with van der Waals surface area (Å²) >= 11 is 13.6. The molecule has 4 N–H and O–H groups in total. The molecular formula is C40H44Cl2FN5O6. The summed E-state index contributed by atoms with van der Waals surface area (Å²) in [6.45, 7) is 2.86. The van der Waals surface area contributed by atoms with E-state index in [1.807, 2.05) is 48.9 Å². The van der Waals surface area contributed by atoms with Crippen molar-refractivity contribution in [1.29, 1.82) is 0 Å². The van der Waals surface area contributed by atoms with Crippen molar-refractivity contribution in [3.63, 3.8) is 0 Å². The highest BCUT2D eigenvalue weighted by Gasteiger charge is 2.34. The molecule has 3 aromatic carbocycles. The molecular weight excluding hydrogens is 736 g/mol. The number of aliphatic hydroxyl groups is 2. The summed E-state index contributed by atoms with van der Waals surface area (Å²) < 4.78 is 29.0. The second kappa shape index (κ2) is 16.0. The summed E-state index contributed by atoms with van der Waals surface area (Å²) in [4.78, 5) is 32.4. The Bertz CT molecular complexity index is 2090. The van der Waals surface area contributed by atoms with Gasteiger partial charge in [0, 0.05) is 56.0 Å². The summed E-state index contributed by atoms with van der Waals surface area (Å²) in [5.41, 5.74) is 7.06. The minimum atomic E-state index is -0.994. The van der Waals surface area contributed by atoms with Crippen molar-refractivity contribution in [3.8, 4) is 16.9 Å². The SMILES string of the molecule is COC(=O)C(CO)NCc1c(C2CC2)cc(OC2CCc3c(-c4cccc(NC(=O)c5nc6c(n5C)CCN(C(C)CO)C6)c4Cl)cccc32)c(Cl)c1F. The quantitative estimate of drug-likeness (QED) is 0.119. The molecule has 1 saturated carbocycles. The maximum absolute atomic E-state index is 15.9. The summed E-state index contributed by atoms with van der Waals surface area (Å²) in [7, 11) is 3.07. The number of imidazole rings is 1. The number of carbonyl (C=O) groups is 2. The number of halogens is 3. The Kier molecular flexibility index (Phi) is 11.3. The van der Waals surface area contributed by atoms with Gasteiger partial charge in [0.1, 0.15) is 28.7 Å². The first-order chi connectivity index (χ1) is 26.0. The third-order valence-corrected chi connectivity index (χ3v) is 11.7. The minimum Gasteiger partial charge on any atom is -0.484 e. The number of hydrogen-bond acceptors (Lipinski definition) is 9. The van der Waals surface area contributed by atoms with Crippen LogP contribution in [0.5, 0.6) is 5.75 Å². The molecule has 3 unspecified atom stereocenters. The molecule has 14 heteroatoms. The van der Waals surface area contributed by atoms with Crippen LogP contribution < -0.4 is 15.4 Å². The summed E-state index contributed by atoms with van der Waals surface area (Å²) in [6.07, 6.45) is 3.46. The average Bonchev–Trinajstić information content (AvgIpc) is 3.87. The second-order valence-corrected chi connectivity index (χ2v) is 15.0. The van der Waals surface area contributed by atoms with E-state index < -0.39 is 30.5 Å². The van der Waals surface area contributed by atoms with E-state index in [0.29, 0.717) is 41.5 Å². The Labute approximate surface area is 323 Å². The molecule has 1 amide bonds. The van der Waals surface area contributed by atoms with Gasteiger partial charge in [-0.2, -0.15) is 0 Å². The van der Waals surface area contributed by atoms with Crippen molar-refractivity contribution in [1.82, 2.24) is 19.8 Å². The Morgan fingerprint density at radius 2 is 1.80 bits per heavy atom. The predicted molar refractivity (Wildman–Crippen MR) is 204 cm³/mol. The van der Waals surface area contributed by atoms with Gasteiger partial charge in [-0.3, -0.25) is 19.8 Å². The number of aliphatic hydroxyl groups excluding tert-OH is 2. The second-order valence-electron chi connectivity index (χ2n) is 14.3. The minimum absolute atomic E-state index is 0.00357. The molecule has 0 radical (unpaired) electrons. The molecule has 1 fully saturated rings. The highest BCUT2D eigenvalue weighted by atomic mass is 35.5. The monoisotopic (exact) mass is 779 g/mol. The largest absolute Gasteiger partial charge is 0.484 e. The van der Waals surface area contributed by atoms with Crippen LogP contribution in [-0.4, -0.2) is 75.5 Å². The van der Waals surface area contributed by atoms with Crippen LogP contribution >= 0.6 is 23.2 Å². The third kappa shape index (κ3) is 7.35. The van der Waals surface area contributed by atoms with Gasteiger partial charge in [-0.1, -0.05) is 53.5 Å². The van der Waals surface area contributed by atoms with E-state index in [2.05, 4.69) is 20.5 Å². The Morgan fingerprint density at radius 1 is 1.04 bits per heavy atom. The molecule has 3 aliphatic rings. The maximum Gasteiger partial charge on any atom is 0.325 e. The lowest BCUT2D eigenvalue weighted by atomic mass is 9.96. The van der Waals surface area contributed by atoms with E-state index in [9.17, 15) is 19.8 Å². The van der Waals surface area contributed by atoms with E-state index in [1.165, 1.54) is 7.11 Å². The number of nitrogens with zero attached hydrogens (tertiary/aromatic N) is 3. The van der Waals surface area contributed by atoms with Crippen molar-refractivity contribution >= 4 is 40.8 Å². The van der Waals surface area contributed by atoms with Gasteiger partial charge < -0.3 is 29.6 Å². The Balaban J connectivity index is 1.11. The number of ether oxygens (including phenoxy) is 2. The number of fused-ring (bicyclic) bond motifs is 2. The molecule has 286 valence electrons. The lowest BCUT2D eigenvalue weighted by molar-refractivity contribution is -0.144. The number of methoxy groups -OCH3 is 1. The van der Waals surface area contributed by atoms with Crippen LogP contribution in [0.1, 0.15) is 82.5 Å². The van der Waals surface area contributed by atoms with Crippen LogP contribution in [0.4, 0.5) is 10.1 Å². The third-order valence-electron chi connectivity index (χ3n) is 10.9. The molecule has 1 aliphatic heterocycles. The lowest BCUT2D eigenvalue weighted by Gasteiger charge is -2.30. The van der Waals surface area contributed by atoms with Crippen molar-refractivity contribution in [3.05, 3.63) is 97.8 Å². The first-order valence-electron chi connectivity index (χ1n) is 18.2. The van der Waals surface area contributed by atoms with E-state index in [-0.39, 0.29) is 41.8 Å². The first kappa shape index (κ1) is 38.2. The predicted octanol–water partition coefficient (Wildman–Crippen LogP) is 6.09. The number of benzene rings is 3. The van der Waals surface area contributed by atoms with Gasteiger partial charge in [0.05, 0.1) is 36.7 Å². The molecule has 2 aliphatic carbocycles. The molecule has 0 spiro atoms. The van der Waals surface area contributed by atoms with Crippen LogP contribution in [0, 0.1) is 5.82 Å². The first-order valence-corrected chi connectivity index (χ1v) is 19.0. The van der Waals surface area contributed by atoms with Crippen molar-refractivity contribution in [2.45, 2.75) is 76.2 Å². The van der Waals surface area contributed by atoms with E-state index in [1.54, 1.807) is 12.1 Å². The summed E-state index contributed by atoms with van der Waals surface area (Å²) in [5, 5.41) is 25.4. The molecule has 7 rings (SSSR count). The van der Waals surface area contributed by atoms with Crippen LogP contribution in [0.25, 0.3) is 11.1 Å². The molecule has 1 aromatic heterocycles. The molecule has 0 saturated heterocycles. The topological polar surface area (TPSA) is 138 Å². The smallest absolute Gasteiger partial charge is 0.325 e. The van der Waals surface area contributed by atoms with Crippen LogP contribution in [0.3, 0.4) is 0 Å². The number of hydrogen-bond donors (Lipinski definition) is 4. The van der Waals surface area contributed by atoms with Gasteiger partial charge in [0.15, 0.2) is 5.82 Å². The van der Waals surface area contributed by atoms with Gasteiger partial charge in [0.2, 0.25) is 0 Å². The zero-order valence-corrected chi connectivity index (χ0v) is 31.9. The summed E-state index contributed by atoms with van der Waals surface area (Å²) in [5.74, 6) is -0.935. The number of amides is 1. The zero-order valence-electron chi connectivity index (χ0n) is 30.4. The number of anilines is 1. The number of rotatable bonds is 13. The van der Waals surface area contributed by atoms with E-state index in [0.717, 1.165) is 65.0 Å². The number of aromatic nitrogens is 2. The zero-order chi connectivity index (χ0) is 38.3. The number of nitrogens with one attached hydrogen (secondary N) is 2. The van der Waals surface area contributed by atoms with Gasteiger partial charge >= 0.3 is 5.97 Å². The molecule has 2 heterocycles. The van der Waals surface area contributed by atoms with Gasteiger partial charge in [0.25, 0.3) is 5.91 Å². The van der Waals surface area contributed by atoms with Crippen molar-refractivity contribution < 1.29 is 33.7 Å². The van der Waals surface area contributed by atoms with Crippen LogP contribution in [0.2, 0.25) is 10.0 Å². The fraction of sp³-hybridized carbons (Fsp3) is 0.425. The van der Waals surface area contributed by atoms with E-state index >= 15 is 4.39 Å². The van der Waals surface area contributed by atoms with Crippen LogP contribution in [-0.2, 0) is 42.5 Å². The number of carbonyl (C=O) groups excluding carboxylic acids is 2. The van der Waals surface area contributed by atoms with Gasteiger partial charge in [-0.05, 0) is 72.9 Å². The van der Waals surface area contributed by atoms with Crippen molar-refractivity contribution in [2.75, 3.05) is 32.2 Å². The Hall–Kier alpha value is -4.04. The maximum atomic E-state index is 15.9. The number of esters is 1. The normalized spacial score (nSPS) is 17.8. The van der Waals surface area contributed by atoms with E-state index in [4.69, 9.17) is 32.7 Å². The molecule has 11 nitrogen and oxygen atoms in total. The summed E-state index contributed by atoms with van der Waals surface area (Å²) in [6, 6.07) is 12.3. The van der Waals surface area contributed by atoms with Gasteiger partial charge in [-0.25, -0.2) is 9.37 Å². The lowest BCUT2D eigenvalue weighted by Crippen LogP contribution is -2.40. The van der Waals surface area contributed by atoms with Gasteiger partial charge in [-0.15, -0.1) is 0 Å². The molecule has 4 aromatic rings. The molecule has 3 atom stereocenters.